The standard InChI is InChI=1S/C45H54N4O10/c1-22-10-9-11-24(3)44(55)48-37-40(53)33-32(36-42(37)58-31-21-28(20-29(50)35(31)47-36)49-15-13-46-14-16-49)34-41(27(6)39(33)52)59-45(7,43(34)54)57-17-12-30(56-8)26(5)38(51)25(4)19-23(2)18-22/h9-12,17,20-23,25-26,30,38,46,51-52,54H,13-16,18-19H2,1-8H3,(H,48,55)/b10-9+,17-12+,24-11-/t22-,23+,25+,26+,30-,38-,45-/m0/s1. The highest BCUT2D eigenvalue weighted by atomic mass is 16.7. The van der Waals surface area contributed by atoms with Gasteiger partial charge in [0.1, 0.15) is 22.7 Å². The van der Waals surface area contributed by atoms with Crippen molar-refractivity contribution in [2.24, 2.45) is 23.7 Å². The Hall–Kier alpha value is -5.44. The number of piperazine rings is 1. The number of ether oxygens (including phenoxy) is 3. The SMILES string of the molecule is CO[C@H]1/C=C/O[C@@]2(C)Oc3c(C)c(O)c4c(=O)c(c5oc6cc(N7CCNCC7)cc(=O)c6nc5c4c3=C2O)NC(=O)/C(C)=C\C=C\[C@H](C)C[C@@H](C)C[C@@H](C)[C@H](O)[C@@H]1C. The first kappa shape index (κ1) is 41.7. The van der Waals surface area contributed by atoms with Crippen molar-refractivity contribution < 1.29 is 38.7 Å². The van der Waals surface area contributed by atoms with E-state index in [2.05, 4.69) is 24.5 Å². The summed E-state index contributed by atoms with van der Waals surface area (Å²) in [5.74, 6) is -3.32. The van der Waals surface area contributed by atoms with Gasteiger partial charge in [-0.05, 0) is 50.5 Å². The van der Waals surface area contributed by atoms with Crippen LogP contribution in [-0.2, 0) is 14.3 Å². The summed E-state index contributed by atoms with van der Waals surface area (Å²) >= 11 is 0. The zero-order chi connectivity index (χ0) is 42.5. The Labute approximate surface area is 341 Å². The maximum Gasteiger partial charge on any atom is 0.307 e. The first-order valence-corrected chi connectivity index (χ1v) is 20.3. The molecule has 0 unspecified atom stereocenters. The predicted molar refractivity (Wildman–Crippen MR) is 228 cm³/mol. The molecule has 1 saturated heterocycles. The minimum atomic E-state index is -1.87. The molecule has 1 fully saturated rings. The lowest BCUT2D eigenvalue weighted by atomic mass is 9.82. The van der Waals surface area contributed by atoms with E-state index in [9.17, 15) is 29.7 Å². The molecule has 0 aliphatic carbocycles. The number of aliphatic hydroxyl groups excluding tert-OH is 2. The van der Waals surface area contributed by atoms with Crippen molar-refractivity contribution in [3.8, 4) is 11.5 Å². The van der Waals surface area contributed by atoms with Crippen LogP contribution in [0.25, 0.3) is 38.7 Å². The molecule has 314 valence electrons. The van der Waals surface area contributed by atoms with Gasteiger partial charge in [0.15, 0.2) is 22.4 Å². The molecule has 0 saturated carbocycles. The fraction of sp³-hybridized carbons (Fsp3) is 0.467. The second-order valence-electron chi connectivity index (χ2n) is 16.7. The van der Waals surface area contributed by atoms with Gasteiger partial charge in [0.05, 0.1) is 29.1 Å². The zero-order valence-corrected chi connectivity index (χ0v) is 34.8. The summed E-state index contributed by atoms with van der Waals surface area (Å²) in [5.41, 5.74) is -0.758. The van der Waals surface area contributed by atoms with Crippen LogP contribution in [0.15, 0.2) is 62.3 Å². The van der Waals surface area contributed by atoms with Crippen LogP contribution in [0.4, 0.5) is 11.4 Å². The summed E-state index contributed by atoms with van der Waals surface area (Å²) in [6.45, 7) is 15.5. The number of anilines is 2. The Balaban J connectivity index is 1.49. The Bertz CT molecular complexity index is 2590. The highest BCUT2D eigenvalue weighted by molar-refractivity contribution is 6.16. The van der Waals surface area contributed by atoms with Gasteiger partial charge in [0, 0.05) is 80.5 Å². The number of benzene rings is 3. The molecule has 4 bridgehead atoms. The molecule has 0 radical (unpaired) electrons. The van der Waals surface area contributed by atoms with E-state index in [1.807, 2.05) is 24.8 Å². The van der Waals surface area contributed by atoms with Gasteiger partial charge in [0.25, 0.3) is 5.91 Å². The third-order valence-electron chi connectivity index (χ3n) is 12.1. The number of hydrogen-bond acceptors (Lipinski definition) is 13. The lowest BCUT2D eigenvalue weighted by Crippen LogP contribution is -2.43. The van der Waals surface area contributed by atoms with Crippen LogP contribution in [0.1, 0.15) is 59.9 Å². The molecular formula is C45H54N4O10. The second-order valence-corrected chi connectivity index (χ2v) is 16.7. The summed E-state index contributed by atoms with van der Waals surface area (Å²) in [4.78, 5) is 49.2. The van der Waals surface area contributed by atoms with E-state index < -0.39 is 46.3 Å². The zero-order valence-electron chi connectivity index (χ0n) is 34.8. The van der Waals surface area contributed by atoms with E-state index in [0.29, 0.717) is 18.8 Å². The van der Waals surface area contributed by atoms with Crippen LogP contribution in [0.2, 0.25) is 0 Å². The van der Waals surface area contributed by atoms with E-state index >= 15 is 0 Å². The summed E-state index contributed by atoms with van der Waals surface area (Å²) in [5, 5.41) is 40.9. The van der Waals surface area contributed by atoms with Crippen molar-refractivity contribution in [1.82, 2.24) is 10.3 Å². The normalized spacial score (nSPS) is 29.3. The maximum atomic E-state index is 14.7. The molecular weight excluding hydrogens is 757 g/mol. The highest BCUT2D eigenvalue weighted by Crippen LogP contribution is 2.42. The van der Waals surface area contributed by atoms with Crippen molar-refractivity contribution >= 4 is 56.0 Å². The Morgan fingerprint density at radius 3 is 2.42 bits per heavy atom. The monoisotopic (exact) mass is 810 g/mol. The van der Waals surface area contributed by atoms with E-state index in [1.165, 1.54) is 26.2 Å². The molecule has 3 aromatic carbocycles. The largest absolute Gasteiger partial charge is 0.507 e. The molecule has 1 amide bonds. The smallest absolute Gasteiger partial charge is 0.307 e. The molecule has 3 aliphatic rings. The molecule has 7 rings (SSSR count). The minimum Gasteiger partial charge on any atom is -0.507 e. The number of aromatic nitrogens is 1. The fourth-order valence-corrected chi connectivity index (χ4v) is 8.75. The third-order valence-corrected chi connectivity index (χ3v) is 12.1. The summed E-state index contributed by atoms with van der Waals surface area (Å²) in [7, 11) is 1.54. The number of rotatable bonds is 2. The van der Waals surface area contributed by atoms with Gasteiger partial charge in [0.2, 0.25) is 10.9 Å². The van der Waals surface area contributed by atoms with Crippen molar-refractivity contribution in [1.29, 1.82) is 0 Å². The number of nitrogens with zero attached hydrogens (tertiary/aromatic N) is 2. The average Bonchev–Trinajstić information content (AvgIpc) is 3.47. The molecule has 14 heteroatoms. The number of nitrogens with one attached hydrogen (secondary N) is 2. The quantitative estimate of drug-likeness (QED) is 0.127. The molecule has 14 nitrogen and oxygen atoms in total. The number of allylic oxidation sites excluding steroid dienone is 3. The Morgan fingerprint density at radius 1 is 0.983 bits per heavy atom. The number of carbonyl (C=O) groups is 1. The number of hydrogen-bond donors (Lipinski definition) is 5. The van der Waals surface area contributed by atoms with Crippen LogP contribution in [-0.4, -0.2) is 77.5 Å². The maximum absolute atomic E-state index is 14.7. The average molecular weight is 811 g/mol. The van der Waals surface area contributed by atoms with Crippen molar-refractivity contribution in [3.05, 3.63) is 79.5 Å². The lowest BCUT2D eigenvalue weighted by Gasteiger charge is -2.31. The van der Waals surface area contributed by atoms with E-state index in [4.69, 9.17) is 23.6 Å². The van der Waals surface area contributed by atoms with Gasteiger partial charge >= 0.3 is 5.79 Å². The van der Waals surface area contributed by atoms with Crippen LogP contribution < -0.4 is 36.3 Å². The number of phenolic OH excluding ortho intramolecular Hbond substituents is 1. The van der Waals surface area contributed by atoms with Gasteiger partial charge in [-0.1, -0.05) is 45.9 Å². The number of carbonyl (C=O) groups excluding carboxylic acids is 1. The highest BCUT2D eigenvalue weighted by Gasteiger charge is 2.43. The fourth-order valence-electron chi connectivity index (χ4n) is 8.75. The molecule has 4 heterocycles. The molecule has 3 aliphatic heterocycles. The predicted octanol–water partition coefficient (Wildman–Crippen LogP) is 5.46. The van der Waals surface area contributed by atoms with E-state index in [0.717, 1.165) is 25.9 Å². The van der Waals surface area contributed by atoms with Gasteiger partial charge in [-0.3, -0.25) is 14.4 Å². The molecule has 59 heavy (non-hydrogen) atoms. The Morgan fingerprint density at radius 2 is 1.71 bits per heavy atom. The topological polar surface area (TPSA) is 193 Å². The van der Waals surface area contributed by atoms with Crippen LogP contribution in [0.3, 0.4) is 0 Å². The number of fused-ring (bicyclic) bond motifs is 2. The van der Waals surface area contributed by atoms with Gasteiger partial charge in [-0.2, -0.15) is 0 Å². The minimum absolute atomic E-state index is 0.00192. The molecule has 4 aromatic rings. The van der Waals surface area contributed by atoms with E-state index in [-0.39, 0.29) is 84.4 Å². The summed E-state index contributed by atoms with van der Waals surface area (Å²) in [6.07, 6.45) is 8.78. The molecule has 7 atom stereocenters. The number of amides is 1. The van der Waals surface area contributed by atoms with Crippen molar-refractivity contribution in [3.63, 3.8) is 0 Å². The lowest BCUT2D eigenvalue weighted by molar-refractivity contribution is -0.112. The van der Waals surface area contributed by atoms with Crippen LogP contribution >= 0.6 is 0 Å². The van der Waals surface area contributed by atoms with Crippen LogP contribution in [0.5, 0.6) is 11.5 Å². The summed E-state index contributed by atoms with van der Waals surface area (Å²) < 4.78 is 24.6. The number of aliphatic hydroxyl groups is 2. The number of methoxy groups -OCH3 is 1. The van der Waals surface area contributed by atoms with Crippen molar-refractivity contribution in [2.45, 2.75) is 79.3 Å². The number of phenols is 1. The van der Waals surface area contributed by atoms with Gasteiger partial charge < -0.3 is 49.5 Å². The molecule has 1 aromatic heterocycles. The van der Waals surface area contributed by atoms with E-state index in [1.54, 1.807) is 38.3 Å². The first-order chi connectivity index (χ1) is 28.0. The number of aromatic hydroxyl groups is 1. The Kier molecular flexibility index (Phi) is 11.5. The van der Waals surface area contributed by atoms with Gasteiger partial charge in [-0.25, -0.2) is 4.98 Å². The van der Waals surface area contributed by atoms with Crippen LogP contribution in [0, 0.1) is 30.6 Å². The first-order valence-electron chi connectivity index (χ1n) is 20.3. The molecule has 0 spiro atoms. The second kappa shape index (κ2) is 16.3. The van der Waals surface area contributed by atoms with Gasteiger partial charge in [-0.15, -0.1) is 0 Å². The van der Waals surface area contributed by atoms with Crippen molar-refractivity contribution in [2.75, 3.05) is 43.5 Å². The summed E-state index contributed by atoms with van der Waals surface area (Å²) in [6, 6.07) is 3.16. The molecule has 5 N–H and O–H groups in total. The third kappa shape index (κ3) is 7.65.